The van der Waals surface area contributed by atoms with Crippen LogP contribution in [0.4, 0.5) is 0 Å². The maximum Gasteiger partial charge on any atom is 0.325 e. The van der Waals surface area contributed by atoms with Gasteiger partial charge in [0.25, 0.3) is 0 Å². The lowest BCUT2D eigenvalue weighted by Crippen LogP contribution is -1.76. The first-order valence-corrected chi connectivity index (χ1v) is 3.40. The van der Waals surface area contributed by atoms with Crippen LogP contribution in [0, 0.1) is 0 Å². The van der Waals surface area contributed by atoms with Gasteiger partial charge in [0.15, 0.2) is 0 Å². The zero-order valence-electron chi connectivity index (χ0n) is 4.16. The molecule has 2 N–H and O–H groups in total. The average Bonchev–Trinajstić information content (AvgIpc) is 1.35. The SMILES string of the molecule is CCP(=O)(O)O.[Mg]. The third kappa shape index (κ3) is 10.9. The van der Waals surface area contributed by atoms with Crippen molar-refractivity contribution in [1.82, 2.24) is 0 Å². The number of rotatable bonds is 1. The van der Waals surface area contributed by atoms with E-state index in [1.54, 1.807) is 0 Å². The zero-order chi connectivity index (χ0) is 5.21. The molecule has 0 aliphatic carbocycles. The first-order chi connectivity index (χ1) is 2.56. The summed E-state index contributed by atoms with van der Waals surface area (Å²) in [4.78, 5) is 15.9. The summed E-state index contributed by atoms with van der Waals surface area (Å²) in [7, 11) is -3.65. The molecule has 0 unspecified atom stereocenters. The van der Waals surface area contributed by atoms with Gasteiger partial charge in [-0.05, 0) is 0 Å². The van der Waals surface area contributed by atoms with Gasteiger partial charge >= 0.3 is 7.60 Å². The molecular formula is C2H7MgO3P. The molecule has 0 aromatic heterocycles. The molecule has 2 radical (unpaired) electrons. The van der Waals surface area contributed by atoms with E-state index in [-0.39, 0.29) is 29.2 Å². The third-order valence-corrected chi connectivity index (χ3v) is 1.24. The summed E-state index contributed by atoms with van der Waals surface area (Å²) < 4.78 is 9.69. The van der Waals surface area contributed by atoms with Gasteiger partial charge in [0.05, 0.1) is 0 Å². The summed E-state index contributed by atoms with van der Waals surface area (Å²) in [5.74, 6) is 0. The molecule has 0 amide bonds. The van der Waals surface area contributed by atoms with E-state index in [0.717, 1.165) is 0 Å². The molecule has 0 saturated heterocycles. The molecule has 0 aromatic carbocycles. The second kappa shape index (κ2) is 3.86. The highest BCUT2D eigenvalue weighted by Crippen LogP contribution is 2.32. The summed E-state index contributed by atoms with van der Waals surface area (Å²) in [5, 5.41) is 0. The van der Waals surface area contributed by atoms with Gasteiger partial charge in [-0.3, -0.25) is 4.57 Å². The molecular weight excluding hydrogens is 127 g/mol. The molecule has 0 rings (SSSR count). The minimum atomic E-state index is -3.65. The Balaban J connectivity index is 0. The number of hydrogen-bond donors (Lipinski definition) is 2. The van der Waals surface area contributed by atoms with Crippen molar-refractivity contribution >= 4 is 30.6 Å². The van der Waals surface area contributed by atoms with E-state index >= 15 is 0 Å². The molecule has 3 nitrogen and oxygen atoms in total. The number of hydrogen-bond acceptors (Lipinski definition) is 1. The predicted molar refractivity (Wildman–Crippen MR) is 28.3 cm³/mol. The van der Waals surface area contributed by atoms with Gasteiger partial charge in [0, 0.05) is 29.2 Å². The van der Waals surface area contributed by atoms with Crippen LogP contribution < -0.4 is 0 Å². The van der Waals surface area contributed by atoms with E-state index in [2.05, 4.69) is 0 Å². The molecule has 0 aromatic rings. The minimum absolute atomic E-state index is 0. The molecule has 0 aliphatic heterocycles. The van der Waals surface area contributed by atoms with Crippen LogP contribution in [-0.2, 0) is 4.57 Å². The van der Waals surface area contributed by atoms with Crippen LogP contribution in [0.3, 0.4) is 0 Å². The van der Waals surface area contributed by atoms with Gasteiger partial charge in [-0.25, -0.2) is 0 Å². The standard InChI is InChI=1S/C2H7O3P.Mg/c1-2-6(3,4)5;/h2H2,1H3,(H2,3,4,5);. The smallest absolute Gasteiger partial charge is 0.324 e. The summed E-state index contributed by atoms with van der Waals surface area (Å²) >= 11 is 0. The van der Waals surface area contributed by atoms with Crippen molar-refractivity contribution < 1.29 is 14.4 Å². The van der Waals surface area contributed by atoms with Crippen LogP contribution in [-0.4, -0.2) is 39.0 Å². The molecule has 7 heavy (non-hydrogen) atoms. The summed E-state index contributed by atoms with van der Waals surface area (Å²) in [6.07, 6.45) is -0.0625. The van der Waals surface area contributed by atoms with Gasteiger partial charge < -0.3 is 9.79 Å². The van der Waals surface area contributed by atoms with Crippen molar-refractivity contribution in [3.8, 4) is 0 Å². The Morgan fingerprint density at radius 2 is 1.71 bits per heavy atom. The van der Waals surface area contributed by atoms with E-state index in [4.69, 9.17) is 9.79 Å². The molecule has 0 atom stereocenters. The summed E-state index contributed by atoms with van der Waals surface area (Å²) in [5.41, 5.74) is 0. The monoisotopic (exact) mass is 134 g/mol. The molecule has 0 heterocycles. The van der Waals surface area contributed by atoms with Crippen LogP contribution in [0.25, 0.3) is 0 Å². The first kappa shape index (κ1) is 10.8. The Morgan fingerprint density at radius 1 is 1.57 bits per heavy atom. The predicted octanol–water partition coefficient (Wildman–Crippen LogP) is -0.197. The summed E-state index contributed by atoms with van der Waals surface area (Å²) in [6, 6.07) is 0. The molecule has 0 aliphatic rings. The highest BCUT2D eigenvalue weighted by atomic mass is 31.2. The highest BCUT2D eigenvalue weighted by molar-refractivity contribution is 7.51. The quantitative estimate of drug-likeness (QED) is 0.386. The fraction of sp³-hybridized carbons (Fsp3) is 1.00. The van der Waals surface area contributed by atoms with E-state index in [1.807, 2.05) is 0 Å². The lowest BCUT2D eigenvalue weighted by Gasteiger charge is -1.92. The second-order valence-corrected chi connectivity index (χ2v) is 2.94. The minimum Gasteiger partial charge on any atom is -0.324 e. The van der Waals surface area contributed by atoms with E-state index in [0.29, 0.717) is 0 Å². The van der Waals surface area contributed by atoms with E-state index in [9.17, 15) is 4.57 Å². The van der Waals surface area contributed by atoms with Gasteiger partial charge in [0.1, 0.15) is 0 Å². The Labute approximate surface area is 58.4 Å². The maximum atomic E-state index is 9.69. The van der Waals surface area contributed by atoms with Crippen molar-refractivity contribution in [2.45, 2.75) is 6.92 Å². The van der Waals surface area contributed by atoms with Crippen molar-refractivity contribution in [3.05, 3.63) is 0 Å². The molecule has 0 fully saturated rings. The molecule has 0 saturated carbocycles. The fourth-order valence-corrected chi connectivity index (χ4v) is 0. The molecule has 40 valence electrons. The Kier molecular flexibility index (Phi) is 5.97. The topological polar surface area (TPSA) is 57.5 Å². The maximum absolute atomic E-state index is 9.69. The largest absolute Gasteiger partial charge is 0.325 e. The first-order valence-electron chi connectivity index (χ1n) is 1.61. The van der Waals surface area contributed by atoms with Crippen molar-refractivity contribution in [3.63, 3.8) is 0 Å². The van der Waals surface area contributed by atoms with E-state index < -0.39 is 7.60 Å². The van der Waals surface area contributed by atoms with Gasteiger partial charge in [-0.1, -0.05) is 6.92 Å². The van der Waals surface area contributed by atoms with Crippen LogP contribution >= 0.6 is 7.60 Å². The van der Waals surface area contributed by atoms with Crippen LogP contribution in [0.1, 0.15) is 6.92 Å². The lowest BCUT2D eigenvalue weighted by atomic mass is 11.0. The normalized spacial score (nSPS) is 10.1. The summed E-state index contributed by atoms with van der Waals surface area (Å²) in [6.45, 7) is 1.45. The van der Waals surface area contributed by atoms with Crippen LogP contribution in [0.2, 0.25) is 0 Å². The van der Waals surface area contributed by atoms with Gasteiger partial charge in [0.2, 0.25) is 0 Å². The molecule has 0 bridgehead atoms. The van der Waals surface area contributed by atoms with Crippen LogP contribution in [0.15, 0.2) is 0 Å². The Bertz CT molecular complexity index is 77.0. The Morgan fingerprint density at radius 3 is 1.71 bits per heavy atom. The van der Waals surface area contributed by atoms with Crippen molar-refractivity contribution in [1.29, 1.82) is 0 Å². The fourth-order valence-electron chi connectivity index (χ4n) is 0. The van der Waals surface area contributed by atoms with Gasteiger partial charge in [-0.2, -0.15) is 0 Å². The van der Waals surface area contributed by atoms with Crippen LogP contribution in [0.5, 0.6) is 0 Å². The van der Waals surface area contributed by atoms with Gasteiger partial charge in [-0.15, -0.1) is 0 Å². The third-order valence-electron chi connectivity index (χ3n) is 0.412. The average molecular weight is 134 g/mol. The zero-order valence-corrected chi connectivity index (χ0v) is 6.47. The molecule has 0 spiro atoms. The lowest BCUT2D eigenvalue weighted by molar-refractivity contribution is 0.375. The highest BCUT2D eigenvalue weighted by Gasteiger charge is 2.05. The van der Waals surface area contributed by atoms with E-state index in [1.165, 1.54) is 6.92 Å². The second-order valence-electron chi connectivity index (χ2n) is 0.981. The Hall–Kier alpha value is 0.916. The molecule has 5 heteroatoms. The van der Waals surface area contributed by atoms with Crippen molar-refractivity contribution in [2.75, 3.05) is 6.16 Å². The van der Waals surface area contributed by atoms with Crippen molar-refractivity contribution in [2.24, 2.45) is 0 Å².